The fourth-order valence-electron chi connectivity index (χ4n) is 2.25. The zero-order chi connectivity index (χ0) is 14.1. The summed E-state index contributed by atoms with van der Waals surface area (Å²) in [7, 11) is 1.71. The van der Waals surface area contributed by atoms with Crippen molar-refractivity contribution in [2.75, 3.05) is 7.05 Å². The Labute approximate surface area is 114 Å². The third kappa shape index (κ3) is 2.16. The summed E-state index contributed by atoms with van der Waals surface area (Å²) >= 11 is 0. The van der Waals surface area contributed by atoms with Crippen molar-refractivity contribution < 1.29 is 13.2 Å². The second-order valence-corrected chi connectivity index (χ2v) is 4.45. The maximum atomic E-state index is 13.8. The summed E-state index contributed by atoms with van der Waals surface area (Å²) in [5.41, 5.74) is 0.998. The minimum absolute atomic E-state index is 0.332. The molecule has 5 heteroatoms. The standard InChI is InChI=1S/C15H12F2N2O/c1-18-15(11-4-5-19-8-12(11)17)14-7-9-6-10(16)2-3-13(9)20-14/h2-8,15,18H,1H3. The van der Waals surface area contributed by atoms with Gasteiger partial charge in [0.2, 0.25) is 0 Å². The van der Waals surface area contributed by atoms with Gasteiger partial charge in [0, 0.05) is 17.1 Å². The summed E-state index contributed by atoms with van der Waals surface area (Å²) in [6.45, 7) is 0. The number of halogens is 2. The third-order valence-electron chi connectivity index (χ3n) is 3.19. The Morgan fingerprint density at radius 2 is 2.05 bits per heavy atom. The summed E-state index contributed by atoms with van der Waals surface area (Å²) in [5.74, 6) is -0.224. The molecule has 0 fully saturated rings. The van der Waals surface area contributed by atoms with Crippen LogP contribution in [0.2, 0.25) is 0 Å². The van der Waals surface area contributed by atoms with Gasteiger partial charge in [0.25, 0.3) is 0 Å². The predicted molar refractivity (Wildman–Crippen MR) is 71.3 cm³/mol. The van der Waals surface area contributed by atoms with Crippen LogP contribution < -0.4 is 5.32 Å². The van der Waals surface area contributed by atoms with Gasteiger partial charge in [0.15, 0.2) is 0 Å². The molecule has 1 unspecified atom stereocenters. The number of aromatic nitrogens is 1. The van der Waals surface area contributed by atoms with Gasteiger partial charge in [-0.1, -0.05) is 0 Å². The second-order valence-electron chi connectivity index (χ2n) is 4.45. The van der Waals surface area contributed by atoms with Crippen LogP contribution in [0, 0.1) is 11.6 Å². The molecule has 20 heavy (non-hydrogen) atoms. The first-order valence-electron chi connectivity index (χ1n) is 6.14. The molecule has 0 aliphatic rings. The first-order valence-corrected chi connectivity index (χ1v) is 6.14. The van der Waals surface area contributed by atoms with E-state index in [9.17, 15) is 8.78 Å². The number of rotatable bonds is 3. The summed E-state index contributed by atoms with van der Waals surface area (Å²) in [5, 5.41) is 3.64. The van der Waals surface area contributed by atoms with Gasteiger partial charge in [-0.2, -0.15) is 0 Å². The lowest BCUT2D eigenvalue weighted by Gasteiger charge is -2.14. The van der Waals surface area contributed by atoms with E-state index in [0.717, 1.165) is 6.20 Å². The molecule has 102 valence electrons. The van der Waals surface area contributed by atoms with E-state index in [2.05, 4.69) is 10.3 Å². The molecular formula is C15H12F2N2O. The van der Waals surface area contributed by atoms with Crippen LogP contribution in [-0.2, 0) is 0 Å². The molecule has 3 rings (SSSR count). The zero-order valence-corrected chi connectivity index (χ0v) is 10.7. The molecule has 0 saturated carbocycles. The predicted octanol–water partition coefficient (Wildman–Crippen LogP) is 3.41. The molecule has 1 N–H and O–H groups in total. The molecule has 2 heterocycles. The molecule has 1 aromatic carbocycles. The van der Waals surface area contributed by atoms with Crippen molar-refractivity contribution in [1.29, 1.82) is 0 Å². The minimum Gasteiger partial charge on any atom is -0.459 e. The van der Waals surface area contributed by atoms with Crippen molar-refractivity contribution in [2.45, 2.75) is 6.04 Å². The van der Waals surface area contributed by atoms with Crippen molar-refractivity contribution in [2.24, 2.45) is 0 Å². The molecule has 0 radical (unpaired) electrons. The normalized spacial score (nSPS) is 12.8. The van der Waals surface area contributed by atoms with E-state index < -0.39 is 11.9 Å². The monoisotopic (exact) mass is 274 g/mol. The number of hydrogen-bond donors (Lipinski definition) is 1. The fourth-order valence-corrected chi connectivity index (χ4v) is 2.25. The first kappa shape index (κ1) is 12.7. The lowest BCUT2D eigenvalue weighted by Crippen LogP contribution is -2.18. The molecule has 1 atom stereocenters. The van der Waals surface area contributed by atoms with Crippen molar-refractivity contribution in [3.8, 4) is 0 Å². The number of hydrogen-bond acceptors (Lipinski definition) is 3. The van der Waals surface area contributed by atoms with E-state index >= 15 is 0 Å². The summed E-state index contributed by atoms with van der Waals surface area (Å²) in [6.07, 6.45) is 2.67. The number of pyridine rings is 1. The van der Waals surface area contributed by atoms with E-state index in [1.807, 2.05) is 0 Å². The third-order valence-corrected chi connectivity index (χ3v) is 3.19. The number of fused-ring (bicyclic) bond motifs is 1. The van der Waals surface area contributed by atoms with Crippen LogP contribution in [0.4, 0.5) is 8.78 Å². The Hall–Kier alpha value is -2.27. The van der Waals surface area contributed by atoms with Crippen LogP contribution >= 0.6 is 0 Å². The summed E-state index contributed by atoms with van der Waals surface area (Å²) in [6, 6.07) is 7.12. The van der Waals surface area contributed by atoms with E-state index in [1.165, 1.54) is 18.3 Å². The van der Waals surface area contributed by atoms with Gasteiger partial charge in [-0.05, 0) is 37.4 Å². The summed E-state index contributed by atoms with van der Waals surface area (Å²) < 4.78 is 32.7. The van der Waals surface area contributed by atoms with Crippen LogP contribution in [0.15, 0.2) is 47.1 Å². The molecule has 0 amide bonds. The van der Waals surface area contributed by atoms with Crippen LogP contribution in [0.5, 0.6) is 0 Å². The lowest BCUT2D eigenvalue weighted by atomic mass is 10.1. The lowest BCUT2D eigenvalue weighted by molar-refractivity contribution is 0.475. The second kappa shape index (κ2) is 5.02. The highest BCUT2D eigenvalue weighted by Crippen LogP contribution is 2.29. The van der Waals surface area contributed by atoms with Gasteiger partial charge in [-0.25, -0.2) is 8.78 Å². The number of furan rings is 1. The molecule has 0 aliphatic heterocycles. The van der Waals surface area contributed by atoms with Gasteiger partial charge in [-0.15, -0.1) is 0 Å². The maximum absolute atomic E-state index is 13.8. The minimum atomic E-state index is -0.450. The highest BCUT2D eigenvalue weighted by Gasteiger charge is 2.20. The zero-order valence-electron chi connectivity index (χ0n) is 10.7. The van der Waals surface area contributed by atoms with Crippen LogP contribution in [0.1, 0.15) is 17.4 Å². The topological polar surface area (TPSA) is 38.1 Å². The van der Waals surface area contributed by atoms with Crippen LogP contribution in [0.25, 0.3) is 11.0 Å². The van der Waals surface area contributed by atoms with Gasteiger partial charge in [-0.3, -0.25) is 4.98 Å². The van der Waals surface area contributed by atoms with E-state index in [1.54, 1.807) is 25.2 Å². The van der Waals surface area contributed by atoms with Crippen LogP contribution in [-0.4, -0.2) is 12.0 Å². The highest BCUT2D eigenvalue weighted by molar-refractivity contribution is 5.78. The Kier molecular flexibility index (Phi) is 3.20. The van der Waals surface area contributed by atoms with E-state index in [-0.39, 0.29) is 5.82 Å². The average molecular weight is 274 g/mol. The SMILES string of the molecule is CNC(c1cc2cc(F)ccc2o1)c1ccncc1F. The Balaban J connectivity index is 2.10. The first-order chi connectivity index (χ1) is 9.69. The van der Waals surface area contributed by atoms with E-state index in [0.29, 0.717) is 22.3 Å². The molecular weight excluding hydrogens is 262 g/mol. The molecule has 0 aliphatic carbocycles. The Bertz CT molecular complexity index is 754. The Morgan fingerprint density at radius 1 is 1.20 bits per heavy atom. The number of nitrogens with zero attached hydrogens (tertiary/aromatic N) is 1. The molecule has 3 nitrogen and oxygen atoms in total. The Morgan fingerprint density at radius 3 is 2.80 bits per heavy atom. The maximum Gasteiger partial charge on any atom is 0.146 e. The quantitative estimate of drug-likeness (QED) is 0.795. The molecule has 0 spiro atoms. The van der Waals surface area contributed by atoms with Crippen molar-refractivity contribution >= 4 is 11.0 Å². The molecule has 3 aromatic rings. The van der Waals surface area contributed by atoms with Gasteiger partial charge in [0.1, 0.15) is 23.0 Å². The molecule has 0 saturated heterocycles. The highest BCUT2D eigenvalue weighted by atomic mass is 19.1. The molecule has 0 bridgehead atoms. The average Bonchev–Trinajstić information content (AvgIpc) is 2.84. The van der Waals surface area contributed by atoms with E-state index in [4.69, 9.17) is 4.42 Å². The number of nitrogens with one attached hydrogen (secondary N) is 1. The number of benzene rings is 1. The van der Waals surface area contributed by atoms with Crippen LogP contribution in [0.3, 0.4) is 0 Å². The van der Waals surface area contributed by atoms with Gasteiger partial charge < -0.3 is 9.73 Å². The van der Waals surface area contributed by atoms with Gasteiger partial charge >= 0.3 is 0 Å². The van der Waals surface area contributed by atoms with Crippen molar-refractivity contribution in [3.05, 3.63) is 65.7 Å². The fraction of sp³-hybridized carbons (Fsp3) is 0.133. The molecule has 2 aromatic heterocycles. The largest absolute Gasteiger partial charge is 0.459 e. The van der Waals surface area contributed by atoms with Crippen molar-refractivity contribution in [1.82, 2.24) is 10.3 Å². The van der Waals surface area contributed by atoms with Crippen molar-refractivity contribution in [3.63, 3.8) is 0 Å². The van der Waals surface area contributed by atoms with Gasteiger partial charge in [0.05, 0.1) is 12.2 Å². The summed E-state index contributed by atoms with van der Waals surface area (Å²) in [4.78, 5) is 3.73. The smallest absolute Gasteiger partial charge is 0.146 e.